The van der Waals surface area contributed by atoms with E-state index in [1.807, 2.05) is 77.5 Å². The van der Waals surface area contributed by atoms with E-state index in [1.54, 1.807) is 0 Å². The Morgan fingerprint density at radius 1 is 1.07 bits per heavy atom. The molecular weight excluding hydrogens is 390 g/mol. The van der Waals surface area contributed by atoms with E-state index in [1.165, 1.54) is 23.1 Å². The summed E-state index contributed by atoms with van der Waals surface area (Å²) in [5.74, 6) is 0.881. The van der Waals surface area contributed by atoms with Gasteiger partial charge in [-0.15, -0.1) is 21.5 Å². The van der Waals surface area contributed by atoms with Gasteiger partial charge >= 0.3 is 0 Å². The van der Waals surface area contributed by atoms with Crippen molar-refractivity contribution in [1.29, 1.82) is 0 Å². The lowest BCUT2D eigenvalue weighted by Gasteiger charge is -2.07. The first-order valence-corrected chi connectivity index (χ1v) is 10.5. The van der Waals surface area contributed by atoms with E-state index in [4.69, 9.17) is 0 Å². The van der Waals surface area contributed by atoms with Crippen molar-refractivity contribution in [3.05, 3.63) is 71.9 Å². The molecule has 0 saturated heterocycles. The number of hydrogen-bond acceptors (Lipinski definition) is 6. The number of para-hydroxylation sites is 1. The fourth-order valence-electron chi connectivity index (χ4n) is 2.67. The van der Waals surface area contributed by atoms with Crippen LogP contribution in [0.25, 0.3) is 16.9 Å². The van der Waals surface area contributed by atoms with E-state index in [2.05, 4.69) is 20.5 Å². The molecule has 6 nitrogen and oxygen atoms in total. The number of rotatable bonds is 6. The van der Waals surface area contributed by atoms with Gasteiger partial charge < -0.3 is 5.32 Å². The monoisotopic (exact) mass is 407 g/mol. The minimum absolute atomic E-state index is 0.126. The Morgan fingerprint density at radius 2 is 1.79 bits per heavy atom. The summed E-state index contributed by atoms with van der Waals surface area (Å²) < 4.78 is 1.94. The summed E-state index contributed by atoms with van der Waals surface area (Å²) in [6.07, 6.45) is 0. The molecule has 28 heavy (non-hydrogen) atoms. The lowest BCUT2D eigenvalue weighted by Crippen LogP contribution is -2.14. The third-order valence-electron chi connectivity index (χ3n) is 3.96. The van der Waals surface area contributed by atoms with Gasteiger partial charge in [-0.1, -0.05) is 60.3 Å². The molecule has 1 N–H and O–H groups in total. The number of hydrogen-bond donors (Lipinski definition) is 1. The van der Waals surface area contributed by atoms with E-state index in [0.29, 0.717) is 10.3 Å². The maximum Gasteiger partial charge on any atom is 0.236 e. The standard InChI is InChI=1S/C20H17N5OS2/c1-14-23-24-20(25(14)16-10-6-3-7-11-16)28-13-18(26)22-19-21-17(12-27-19)15-8-4-2-5-9-15/h2-12H,13H2,1H3,(H,21,22,26). The second kappa shape index (κ2) is 8.37. The van der Waals surface area contributed by atoms with Crippen molar-refractivity contribution in [3.8, 4) is 16.9 Å². The van der Waals surface area contributed by atoms with E-state index >= 15 is 0 Å². The topological polar surface area (TPSA) is 72.7 Å². The zero-order valence-corrected chi connectivity index (χ0v) is 16.7. The Labute approximate surface area is 170 Å². The Bertz CT molecular complexity index is 1080. The summed E-state index contributed by atoms with van der Waals surface area (Å²) in [7, 11) is 0. The summed E-state index contributed by atoms with van der Waals surface area (Å²) in [4.78, 5) is 16.9. The number of amides is 1. The van der Waals surface area contributed by atoms with Crippen LogP contribution in [0.4, 0.5) is 5.13 Å². The molecule has 2 aromatic carbocycles. The highest BCUT2D eigenvalue weighted by Crippen LogP contribution is 2.25. The molecule has 0 aliphatic rings. The Balaban J connectivity index is 1.40. The molecule has 4 rings (SSSR count). The maximum atomic E-state index is 12.4. The van der Waals surface area contributed by atoms with Crippen molar-refractivity contribution in [2.45, 2.75) is 12.1 Å². The van der Waals surface area contributed by atoms with Gasteiger partial charge in [0.1, 0.15) is 5.82 Å². The molecule has 8 heteroatoms. The highest BCUT2D eigenvalue weighted by Gasteiger charge is 2.14. The van der Waals surface area contributed by atoms with Gasteiger partial charge in [0.05, 0.1) is 11.4 Å². The van der Waals surface area contributed by atoms with Gasteiger partial charge in [0.25, 0.3) is 0 Å². The molecule has 0 saturated carbocycles. The van der Waals surface area contributed by atoms with E-state index < -0.39 is 0 Å². The number of nitrogens with one attached hydrogen (secondary N) is 1. The van der Waals surface area contributed by atoms with Crippen LogP contribution >= 0.6 is 23.1 Å². The van der Waals surface area contributed by atoms with Crippen LogP contribution in [0.2, 0.25) is 0 Å². The van der Waals surface area contributed by atoms with Crippen molar-refractivity contribution in [1.82, 2.24) is 19.7 Å². The van der Waals surface area contributed by atoms with Gasteiger partial charge in [-0.25, -0.2) is 4.98 Å². The first-order valence-electron chi connectivity index (χ1n) is 8.62. The Morgan fingerprint density at radius 3 is 2.54 bits per heavy atom. The molecule has 1 amide bonds. The number of anilines is 1. The summed E-state index contributed by atoms with van der Waals surface area (Å²) in [5, 5.41) is 14.4. The zero-order valence-electron chi connectivity index (χ0n) is 15.1. The average molecular weight is 408 g/mol. The van der Waals surface area contributed by atoms with Crippen LogP contribution in [0.15, 0.2) is 71.2 Å². The molecule has 4 aromatic rings. The zero-order chi connectivity index (χ0) is 19.3. The molecule has 0 unspecified atom stereocenters. The van der Waals surface area contributed by atoms with Gasteiger partial charge in [-0.2, -0.15) is 0 Å². The number of benzene rings is 2. The van der Waals surface area contributed by atoms with Crippen molar-refractivity contribution in [2.24, 2.45) is 0 Å². The van der Waals surface area contributed by atoms with Crippen molar-refractivity contribution < 1.29 is 4.79 Å². The third kappa shape index (κ3) is 4.13. The fraction of sp³-hybridized carbons (Fsp3) is 0.100. The molecule has 0 radical (unpaired) electrons. The molecule has 2 heterocycles. The molecule has 0 bridgehead atoms. The van der Waals surface area contributed by atoms with Crippen molar-refractivity contribution >= 4 is 34.1 Å². The molecule has 140 valence electrons. The largest absolute Gasteiger partial charge is 0.301 e. The molecule has 2 aromatic heterocycles. The Kier molecular flexibility index (Phi) is 5.50. The summed E-state index contributed by atoms with van der Waals surface area (Å²) in [6.45, 7) is 1.89. The SMILES string of the molecule is Cc1nnc(SCC(=O)Nc2nc(-c3ccccc3)cs2)n1-c1ccccc1. The van der Waals surface area contributed by atoms with Crippen LogP contribution in [0.3, 0.4) is 0 Å². The molecule has 0 atom stereocenters. The highest BCUT2D eigenvalue weighted by atomic mass is 32.2. The number of thiazole rings is 1. The smallest absolute Gasteiger partial charge is 0.236 e. The summed E-state index contributed by atoms with van der Waals surface area (Å²) in [6, 6.07) is 19.7. The van der Waals surface area contributed by atoms with Gasteiger partial charge in [-0.05, 0) is 19.1 Å². The molecule has 0 aliphatic heterocycles. The second-order valence-electron chi connectivity index (χ2n) is 5.94. The summed E-state index contributed by atoms with van der Waals surface area (Å²) >= 11 is 2.76. The molecule has 0 fully saturated rings. The average Bonchev–Trinajstić information content (AvgIpc) is 3.34. The number of carbonyl (C=O) groups excluding carboxylic acids is 1. The van der Waals surface area contributed by atoms with Gasteiger partial charge in [0.2, 0.25) is 5.91 Å². The predicted octanol–water partition coefficient (Wildman–Crippen LogP) is 4.43. The van der Waals surface area contributed by atoms with Crippen molar-refractivity contribution in [2.75, 3.05) is 11.1 Å². The first kappa shape index (κ1) is 18.4. The normalized spacial score (nSPS) is 10.8. The molecule has 0 aliphatic carbocycles. The number of nitrogens with zero attached hydrogens (tertiary/aromatic N) is 4. The van der Waals surface area contributed by atoms with Crippen LogP contribution in [-0.4, -0.2) is 31.4 Å². The minimum atomic E-state index is -0.126. The van der Waals surface area contributed by atoms with Gasteiger partial charge in [0, 0.05) is 16.6 Å². The number of aromatic nitrogens is 4. The highest BCUT2D eigenvalue weighted by molar-refractivity contribution is 7.99. The van der Waals surface area contributed by atoms with Gasteiger partial charge in [0.15, 0.2) is 10.3 Å². The van der Waals surface area contributed by atoms with E-state index in [-0.39, 0.29) is 11.7 Å². The minimum Gasteiger partial charge on any atom is -0.301 e. The fourth-order valence-corrected chi connectivity index (χ4v) is 4.20. The number of aryl methyl sites for hydroxylation is 1. The van der Waals surface area contributed by atoms with Crippen molar-refractivity contribution in [3.63, 3.8) is 0 Å². The lowest BCUT2D eigenvalue weighted by molar-refractivity contribution is -0.113. The van der Waals surface area contributed by atoms with Gasteiger partial charge in [-0.3, -0.25) is 9.36 Å². The number of carbonyl (C=O) groups is 1. The van der Waals surface area contributed by atoms with E-state index in [9.17, 15) is 4.79 Å². The summed E-state index contributed by atoms with van der Waals surface area (Å²) in [5.41, 5.74) is 2.85. The van der Waals surface area contributed by atoms with Crippen LogP contribution in [0.1, 0.15) is 5.82 Å². The predicted molar refractivity (Wildman–Crippen MR) is 113 cm³/mol. The lowest BCUT2D eigenvalue weighted by atomic mass is 10.2. The van der Waals surface area contributed by atoms with Crippen LogP contribution < -0.4 is 5.32 Å². The van der Waals surface area contributed by atoms with Crippen LogP contribution in [0.5, 0.6) is 0 Å². The molecule has 0 spiro atoms. The second-order valence-corrected chi connectivity index (χ2v) is 7.74. The van der Waals surface area contributed by atoms with E-state index in [0.717, 1.165) is 22.8 Å². The van der Waals surface area contributed by atoms with Crippen LogP contribution in [-0.2, 0) is 4.79 Å². The quantitative estimate of drug-likeness (QED) is 0.479. The first-order chi connectivity index (χ1) is 13.7. The third-order valence-corrected chi connectivity index (χ3v) is 5.65. The number of thioether (sulfide) groups is 1. The molecular formula is C20H17N5OS2. The van der Waals surface area contributed by atoms with Crippen LogP contribution in [0, 0.1) is 6.92 Å². The maximum absolute atomic E-state index is 12.4. The Hall–Kier alpha value is -2.97.